The van der Waals surface area contributed by atoms with Gasteiger partial charge in [0.2, 0.25) is 0 Å². The molecular formula is C18H27NO3. The van der Waals surface area contributed by atoms with Crippen LogP contribution < -0.4 is 4.74 Å². The molecule has 0 aromatic heterocycles. The van der Waals surface area contributed by atoms with E-state index in [0.717, 1.165) is 37.4 Å². The number of ketones is 1. The average Bonchev–Trinajstić information content (AvgIpc) is 2.50. The Morgan fingerprint density at radius 3 is 2.45 bits per heavy atom. The summed E-state index contributed by atoms with van der Waals surface area (Å²) in [6, 6.07) is 7.43. The summed E-state index contributed by atoms with van der Waals surface area (Å²) in [6.45, 7) is 9.85. The Labute approximate surface area is 133 Å². The number of carbonyl (C=O) groups excluding carboxylic acids is 1. The molecular weight excluding hydrogens is 278 g/mol. The van der Waals surface area contributed by atoms with Gasteiger partial charge in [0.05, 0.1) is 18.8 Å². The zero-order valence-electron chi connectivity index (χ0n) is 13.9. The number of carbonyl (C=O) groups is 1. The van der Waals surface area contributed by atoms with Crippen molar-refractivity contribution in [1.29, 1.82) is 0 Å². The van der Waals surface area contributed by atoms with Crippen LogP contribution in [0.4, 0.5) is 0 Å². The molecule has 4 heteroatoms. The first kappa shape index (κ1) is 17.0. The number of hydrogen-bond acceptors (Lipinski definition) is 4. The number of rotatable bonds is 7. The third-order valence-electron chi connectivity index (χ3n) is 3.88. The zero-order chi connectivity index (χ0) is 15.9. The van der Waals surface area contributed by atoms with Gasteiger partial charge in [0, 0.05) is 31.6 Å². The van der Waals surface area contributed by atoms with Crippen LogP contribution >= 0.6 is 0 Å². The molecule has 2 atom stereocenters. The van der Waals surface area contributed by atoms with Gasteiger partial charge in [0.25, 0.3) is 0 Å². The summed E-state index contributed by atoms with van der Waals surface area (Å²) in [5.74, 6) is 0.999. The van der Waals surface area contributed by atoms with Crippen LogP contribution in [0.5, 0.6) is 5.75 Å². The van der Waals surface area contributed by atoms with E-state index in [1.165, 1.54) is 0 Å². The van der Waals surface area contributed by atoms with Crippen LogP contribution in [-0.2, 0) is 4.74 Å². The third-order valence-corrected chi connectivity index (χ3v) is 3.88. The average molecular weight is 305 g/mol. The fourth-order valence-corrected chi connectivity index (χ4v) is 2.89. The molecule has 0 N–H and O–H groups in total. The first-order chi connectivity index (χ1) is 10.6. The van der Waals surface area contributed by atoms with Crippen molar-refractivity contribution in [3.05, 3.63) is 29.8 Å². The number of benzene rings is 1. The minimum absolute atomic E-state index is 0.169. The van der Waals surface area contributed by atoms with Gasteiger partial charge in [-0.2, -0.15) is 0 Å². The molecule has 1 saturated heterocycles. The molecule has 0 radical (unpaired) electrons. The van der Waals surface area contributed by atoms with Gasteiger partial charge >= 0.3 is 0 Å². The highest BCUT2D eigenvalue weighted by Crippen LogP contribution is 2.14. The summed E-state index contributed by atoms with van der Waals surface area (Å²) in [7, 11) is 0. The van der Waals surface area contributed by atoms with Crippen LogP contribution in [0.1, 0.15) is 44.0 Å². The van der Waals surface area contributed by atoms with Gasteiger partial charge < -0.3 is 9.47 Å². The summed E-state index contributed by atoms with van der Waals surface area (Å²) in [5.41, 5.74) is 0.756. The van der Waals surface area contributed by atoms with E-state index in [4.69, 9.17) is 9.47 Å². The summed E-state index contributed by atoms with van der Waals surface area (Å²) in [4.78, 5) is 14.0. The van der Waals surface area contributed by atoms with Crippen molar-refractivity contribution in [1.82, 2.24) is 4.90 Å². The topological polar surface area (TPSA) is 38.8 Å². The van der Waals surface area contributed by atoms with Gasteiger partial charge in [-0.05, 0) is 44.5 Å². The molecule has 2 unspecified atom stereocenters. The van der Waals surface area contributed by atoms with Crippen molar-refractivity contribution in [2.24, 2.45) is 0 Å². The lowest BCUT2D eigenvalue weighted by Gasteiger charge is -2.35. The van der Waals surface area contributed by atoms with Crippen LogP contribution in [0.2, 0.25) is 0 Å². The number of ether oxygens (including phenoxy) is 2. The van der Waals surface area contributed by atoms with Gasteiger partial charge in [-0.15, -0.1) is 0 Å². The minimum Gasteiger partial charge on any atom is -0.494 e. The number of Topliss-reactive ketones (excluding diaryl/α,β-unsaturated/α-hetero) is 1. The quantitative estimate of drug-likeness (QED) is 0.573. The normalized spacial score (nSPS) is 22.5. The fourth-order valence-electron chi connectivity index (χ4n) is 2.89. The predicted molar refractivity (Wildman–Crippen MR) is 87.6 cm³/mol. The Balaban J connectivity index is 1.69. The first-order valence-electron chi connectivity index (χ1n) is 8.22. The zero-order valence-corrected chi connectivity index (χ0v) is 13.9. The lowest BCUT2D eigenvalue weighted by atomic mass is 10.1. The molecule has 1 aromatic rings. The van der Waals surface area contributed by atoms with Crippen molar-refractivity contribution in [2.45, 2.75) is 45.8 Å². The summed E-state index contributed by atoms with van der Waals surface area (Å²) in [6.07, 6.45) is 2.16. The largest absolute Gasteiger partial charge is 0.494 e. The van der Waals surface area contributed by atoms with E-state index in [0.29, 0.717) is 25.2 Å². The maximum Gasteiger partial charge on any atom is 0.162 e. The Morgan fingerprint density at radius 2 is 1.86 bits per heavy atom. The fraction of sp³-hybridized carbons (Fsp3) is 0.611. The van der Waals surface area contributed by atoms with Crippen molar-refractivity contribution >= 4 is 5.78 Å². The maximum absolute atomic E-state index is 11.6. The Bertz CT molecular complexity index is 462. The minimum atomic E-state index is 0.169. The highest BCUT2D eigenvalue weighted by Gasteiger charge is 2.21. The molecule has 0 aliphatic carbocycles. The second kappa shape index (κ2) is 8.30. The lowest BCUT2D eigenvalue weighted by Crippen LogP contribution is -2.45. The monoisotopic (exact) mass is 305 g/mol. The smallest absolute Gasteiger partial charge is 0.162 e. The van der Waals surface area contributed by atoms with Gasteiger partial charge in [0.15, 0.2) is 5.78 Å². The highest BCUT2D eigenvalue weighted by molar-refractivity contribution is 5.95. The van der Waals surface area contributed by atoms with Crippen molar-refractivity contribution in [3.63, 3.8) is 0 Å². The Kier molecular flexibility index (Phi) is 6.40. The maximum atomic E-state index is 11.6. The van der Waals surface area contributed by atoms with E-state index in [9.17, 15) is 4.79 Å². The van der Waals surface area contributed by atoms with E-state index in [1.54, 1.807) is 0 Å². The molecule has 122 valence electrons. The molecule has 1 heterocycles. The molecule has 0 spiro atoms. The SMILES string of the molecule is CCC(=O)c1ccc(OCCCN2CC(C)OC(C)C2)cc1. The van der Waals surface area contributed by atoms with Crippen molar-refractivity contribution < 1.29 is 14.3 Å². The summed E-state index contributed by atoms with van der Waals surface area (Å²) < 4.78 is 11.5. The first-order valence-corrected chi connectivity index (χ1v) is 8.22. The van der Waals surface area contributed by atoms with Crippen LogP contribution in [0.25, 0.3) is 0 Å². The van der Waals surface area contributed by atoms with E-state index in [1.807, 2.05) is 31.2 Å². The van der Waals surface area contributed by atoms with Crippen molar-refractivity contribution in [3.8, 4) is 5.75 Å². The third kappa shape index (κ3) is 5.11. The molecule has 2 rings (SSSR count). The number of nitrogens with zero attached hydrogens (tertiary/aromatic N) is 1. The second-order valence-electron chi connectivity index (χ2n) is 6.02. The van der Waals surface area contributed by atoms with Crippen LogP contribution in [-0.4, -0.2) is 49.1 Å². The van der Waals surface area contributed by atoms with Crippen molar-refractivity contribution in [2.75, 3.05) is 26.2 Å². The van der Waals surface area contributed by atoms with Gasteiger partial charge in [0.1, 0.15) is 5.75 Å². The molecule has 0 bridgehead atoms. The molecule has 0 amide bonds. The van der Waals surface area contributed by atoms with E-state index >= 15 is 0 Å². The van der Waals surface area contributed by atoms with Crippen LogP contribution in [0.3, 0.4) is 0 Å². The standard InChI is InChI=1S/C18H27NO3/c1-4-18(20)16-6-8-17(9-7-16)21-11-5-10-19-12-14(2)22-15(3)13-19/h6-9,14-15H,4-5,10-13H2,1-3H3. The van der Waals surface area contributed by atoms with Gasteiger partial charge in [-0.1, -0.05) is 6.92 Å². The molecule has 1 aromatic carbocycles. The molecule has 1 fully saturated rings. The van der Waals surface area contributed by atoms with E-state index < -0.39 is 0 Å². The number of morpholine rings is 1. The predicted octanol–water partition coefficient (Wildman–Crippen LogP) is 3.16. The summed E-state index contributed by atoms with van der Waals surface area (Å²) in [5, 5.41) is 0. The summed E-state index contributed by atoms with van der Waals surface area (Å²) >= 11 is 0. The van der Waals surface area contributed by atoms with Gasteiger partial charge in [-0.25, -0.2) is 0 Å². The number of hydrogen-bond donors (Lipinski definition) is 0. The Hall–Kier alpha value is -1.39. The highest BCUT2D eigenvalue weighted by atomic mass is 16.5. The Morgan fingerprint density at radius 1 is 1.23 bits per heavy atom. The second-order valence-corrected chi connectivity index (χ2v) is 6.02. The molecule has 4 nitrogen and oxygen atoms in total. The lowest BCUT2D eigenvalue weighted by molar-refractivity contribution is -0.0686. The van der Waals surface area contributed by atoms with E-state index in [-0.39, 0.29) is 5.78 Å². The van der Waals surface area contributed by atoms with E-state index in [2.05, 4.69) is 18.7 Å². The molecule has 1 aliphatic rings. The van der Waals surface area contributed by atoms with Gasteiger partial charge in [-0.3, -0.25) is 9.69 Å². The molecule has 22 heavy (non-hydrogen) atoms. The molecule has 1 aliphatic heterocycles. The molecule has 0 saturated carbocycles. The van der Waals surface area contributed by atoms with Crippen LogP contribution in [0.15, 0.2) is 24.3 Å². The van der Waals surface area contributed by atoms with Crippen LogP contribution in [0, 0.1) is 0 Å².